The summed E-state index contributed by atoms with van der Waals surface area (Å²) in [5.41, 5.74) is 0.773. The van der Waals surface area contributed by atoms with Crippen molar-refractivity contribution in [2.45, 2.75) is 12.5 Å². The molecule has 1 atom stereocenters. The van der Waals surface area contributed by atoms with E-state index in [0.717, 1.165) is 5.69 Å². The smallest absolute Gasteiger partial charge is 0.317 e. The highest BCUT2D eigenvalue weighted by atomic mass is 32.2. The van der Waals surface area contributed by atoms with Gasteiger partial charge in [0.15, 0.2) is 9.84 Å². The van der Waals surface area contributed by atoms with Gasteiger partial charge in [-0.3, -0.25) is 0 Å². The predicted octanol–water partition coefficient (Wildman–Crippen LogP) is 0.411. The van der Waals surface area contributed by atoms with Crippen LogP contribution in [0, 0.1) is 0 Å². The Balaban J connectivity index is 1.53. The predicted molar refractivity (Wildman–Crippen MR) is 87.5 cm³/mol. The first-order valence-corrected chi connectivity index (χ1v) is 9.55. The Morgan fingerprint density at radius 2 is 1.87 bits per heavy atom. The van der Waals surface area contributed by atoms with Gasteiger partial charge in [-0.1, -0.05) is 12.1 Å². The van der Waals surface area contributed by atoms with Crippen molar-refractivity contribution in [3.8, 4) is 5.75 Å². The van der Waals surface area contributed by atoms with E-state index in [2.05, 4.69) is 5.32 Å². The molecular weight excluding hydrogens is 318 g/mol. The number of hydrogen-bond donors (Lipinski definition) is 2. The number of phenolic OH excluding ortho intramolecular Hbond substituents is 1. The van der Waals surface area contributed by atoms with Gasteiger partial charge in [-0.2, -0.15) is 0 Å². The fourth-order valence-corrected chi connectivity index (χ4v) is 4.73. The molecule has 0 aromatic heterocycles. The average molecular weight is 339 g/mol. The van der Waals surface area contributed by atoms with Crippen LogP contribution < -0.4 is 10.2 Å². The normalized spacial score (nSPS) is 23.7. The van der Waals surface area contributed by atoms with E-state index < -0.39 is 9.84 Å². The van der Waals surface area contributed by atoms with Gasteiger partial charge in [0.25, 0.3) is 0 Å². The van der Waals surface area contributed by atoms with Crippen molar-refractivity contribution in [2.24, 2.45) is 0 Å². The first-order chi connectivity index (χ1) is 10.9. The highest BCUT2D eigenvalue weighted by molar-refractivity contribution is 7.91. The van der Waals surface area contributed by atoms with Crippen LogP contribution in [0.4, 0.5) is 10.5 Å². The third-order valence-electron chi connectivity index (χ3n) is 4.35. The molecule has 7 nitrogen and oxygen atoms in total. The van der Waals surface area contributed by atoms with Gasteiger partial charge in [-0.05, 0) is 18.6 Å². The van der Waals surface area contributed by atoms with Crippen LogP contribution in [0.2, 0.25) is 0 Å². The summed E-state index contributed by atoms with van der Waals surface area (Å²) in [6.45, 7) is 2.35. The van der Waals surface area contributed by atoms with E-state index in [1.54, 1.807) is 17.0 Å². The zero-order valence-electron chi connectivity index (χ0n) is 12.8. The molecule has 2 aliphatic rings. The van der Waals surface area contributed by atoms with Crippen LogP contribution in [0.25, 0.3) is 0 Å². The molecule has 126 valence electrons. The standard InChI is InChI=1S/C15H21N3O4S/c19-14-4-2-1-3-13(14)17-6-8-18(9-7-17)15(20)16-12-5-10-23(21,22)11-12/h1-4,12,19H,5-11H2,(H,16,20)/t12-/m1/s1. The number of phenols is 1. The molecule has 3 rings (SSSR count). The van der Waals surface area contributed by atoms with E-state index in [-0.39, 0.29) is 29.3 Å². The minimum atomic E-state index is -2.99. The number of amides is 2. The largest absolute Gasteiger partial charge is 0.506 e. The van der Waals surface area contributed by atoms with Gasteiger partial charge in [-0.15, -0.1) is 0 Å². The van der Waals surface area contributed by atoms with Crippen molar-refractivity contribution >= 4 is 21.6 Å². The average Bonchev–Trinajstić information content (AvgIpc) is 2.87. The molecule has 2 heterocycles. The number of piperazine rings is 1. The second kappa shape index (κ2) is 6.27. The SMILES string of the molecule is O=C(N[C@@H]1CCS(=O)(=O)C1)N1CCN(c2ccccc2O)CC1. The lowest BCUT2D eigenvalue weighted by Gasteiger charge is -2.36. The summed E-state index contributed by atoms with van der Waals surface area (Å²) in [7, 11) is -2.99. The number of para-hydroxylation sites is 2. The first-order valence-electron chi connectivity index (χ1n) is 7.73. The minimum Gasteiger partial charge on any atom is -0.506 e. The van der Waals surface area contributed by atoms with E-state index >= 15 is 0 Å². The number of hydrogen-bond acceptors (Lipinski definition) is 5. The Bertz CT molecular complexity index is 684. The molecule has 2 saturated heterocycles. The number of carbonyl (C=O) groups excluding carboxylic acids is 1. The summed E-state index contributed by atoms with van der Waals surface area (Å²) in [5, 5.41) is 12.7. The second-order valence-electron chi connectivity index (χ2n) is 6.01. The summed E-state index contributed by atoms with van der Waals surface area (Å²) in [5.74, 6) is 0.428. The summed E-state index contributed by atoms with van der Waals surface area (Å²) in [6.07, 6.45) is 0.492. The number of benzene rings is 1. The van der Waals surface area contributed by atoms with Crippen LogP contribution in [-0.4, -0.2) is 68.2 Å². The number of nitrogens with zero attached hydrogens (tertiary/aromatic N) is 2. The summed E-state index contributed by atoms with van der Waals surface area (Å²) >= 11 is 0. The van der Waals surface area contributed by atoms with Crippen LogP contribution in [-0.2, 0) is 9.84 Å². The quantitative estimate of drug-likeness (QED) is 0.815. The maximum Gasteiger partial charge on any atom is 0.317 e. The molecule has 2 amide bonds. The Labute approximate surface area is 135 Å². The van der Waals surface area contributed by atoms with Crippen molar-refractivity contribution in [3.05, 3.63) is 24.3 Å². The van der Waals surface area contributed by atoms with Crippen molar-refractivity contribution in [1.82, 2.24) is 10.2 Å². The summed E-state index contributed by atoms with van der Waals surface area (Å²) in [4.78, 5) is 16.0. The van der Waals surface area contributed by atoms with Crippen molar-refractivity contribution in [2.75, 3.05) is 42.6 Å². The maximum absolute atomic E-state index is 12.2. The van der Waals surface area contributed by atoms with Gasteiger partial charge in [0.05, 0.1) is 17.2 Å². The second-order valence-corrected chi connectivity index (χ2v) is 8.24. The van der Waals surface area contributed by atoms with Gasteiger partial charge in [0.1, 0.15) is 5.75 Å². The van der Waals surface area contributed by atoms with Crippen LogP contribution in [0.3, 0.4) is 0 Å². The molecule has 23 heavy (non-hydrogen) atoms. The Morgan fingerprint density at radius 3 is 2.48 bits per heavy atom. The van der Waals surface area contributed by atoms with E-state index in [1.807, 2.05) is 17.0 Å². The molecule has 0 aliphatic carbocycles. The van der Waals surface area contributed by atoms with E-state index in [4.69, 9.17) is 0 Å². The molecule has 2 aliphatic heterocycles. The van der Waals surface area contributed by atoms with Crippen molar-refractivity contribution < 1.29 is 18.3 Å². The lowest BCUT2D eigenvalue weighted by Crippen LogP contribution is -2.53. The zero-order chi connectivity index (χ0) is 16.4. The van der Waals surface area contributed by atoms with Gasteiger partial charge in [-0.25, -0.2) is 13.2 Å². The number of anilines is 1. The topological polar surface area (TPSA) is 90.0 Å². The molecule has 2 N–H and O–H groups in total. The van der Waals surface area contributed by atoms with Gasteiger partial charge < -0.3 is 20.2 Å². The number of sulfone groups is 1. The molecule has 8 heteroatoms. The lowest BCUT2D eigenvalue weighted by atomic mass is 10.2. The molecule has 0 bridgehead atoms. The molecule has 1 aromatic rings. The maximum atomic E-state index is 12.2. The number of rotatable bonds is 2. The first kappa shape index (κ1) is 15.9. The number of urea groups is 1. The number of nitrogens with one attached hydrogen (secondary N) is 1. The monoisotopic (exact) mass is 339 g/mol. The molecule has 0 saturated carbocycles. The minimum absolute atomic E-state index is 0.0383. The highest BCUT2D eigenvalue weighted by Gasteiger charge is 2.31. The Hall–Kier alpha value is -1.96. The zero-order valence-corrected chi connectivity index (χ0v) is 13.6. The number of aromatic hydroxyl groups is 1. The third-order valence-corrected chi connectivity index (χ3v) is 6.12. The molecule has 1 aromatic carbocycles. The molecule has 0 radical (unpaired) electrons. The molecule has 0 unspecified atom stereocenters. The Morgan fingerprint density at radius 1 is 1.17 bits per heavy atom. The summed E-state index contributed by atoms with van der Waals surface area (Å²) < 4.78 is 22.9. The Kier molecular flexibility index (Phi) is 4.34. The van der Waals surface area contributed by atoms with Crippen LogP contribution in [0.5, 0.6) is 5.75 Å². The van der Waals surface area contributed by atoms with E-state index in [1.165, 1.54) is 0 Å². The highest BCUT2D eigenvalue weighted by Crippen LogP contribution is 2.27. The van der Waals surface area contributed by atoms with Crippen LogP contribution in [0.15, 0.2) is 24.3 Å². The number of carbonyl (C=O) groups is 1. The molecule has 0 spiro atoms. The van der Waals surface area contributed by atoms with Crippen LogP contribution in [0.1, 0.15) is 6.42 Å². The van der Waals surface area contributed by atoms with Crippen molar-refractivity contribution in [3.63, 3.8) is 0 Å². The van der Waals surface area contributed by atoms with E-state index in [9.17, 15) is 18.3 Å². The molecular formula is C15H21N3O4S. The van der Waals surface area contributed by atoms with E-state index in [0.29, 0.717) is 32.6 Å². The van der Waals surface area contributed by atoms with Crippen LogP contribution >= 0.6 is 0 Å². The lowest BCUT2D eigenvalue weighted by molar-refractivity contribution is 0.191. The van der Waals surface area contributed by atoms with Crippen molar-refractivity contribution in [1.29, 1.82) is 0 Å². The fraction of sp³-hybridized carbons (Fsp3) is 0.533. The van der Waals surface area contributed by atoms with Gasteiger partial charge >= 0.3 is 6.03 Å². The molecule has 2 fully saturated rings. The fourth-order valence-electron chi connectivity index (χ4n) is 3.06. The van der Waals surface area contributed by atoms with Gasteiger partial charge in [0, 0.05) is 32.2 Å². The third kappa shape index (κ3) is 3.69. The summed E-state index contributed by atoms with van der Waals surface area (Å²) in [6, 6.07) is 6.67. The van der Waals surface area contributed by atoms with Gasteiger partial charge in [0.2, 0.25) is 0 Å².